The molecule has 1 aliphatic heterocycles. The number of carboxylic acid groups (broad SMARTS) is 4. The normalized spacial score (nSPS) is 14.0. The molecule has 0 bridgehead atoms. The molecule has 1 heterocycles. The standard InChI is InChI=1S/C17H15O6P.C12H11O2P.C10H23O3P.C9H11O4P.C7H17O3P.C6H7O4P.C6H7O3P.C4H9O4P.H3O4P/c18-16(19)9-11(17(20)21)10-24(22)15-8-4-2-6-13(15)12-5-1-3-7-14(12)23-24;13-15(14,11-7-3-1-4-8-11)12-9-5-2-6-10-12;1-2-3-8-14(13,9-4-6-11)10-5-7-12;10-9(11)6-7-14(12,13)8-4-2-1-3-5-8;1-11(10,6-2-4-8)7-3-5-9;7-11(8,9)10-6-4-2-1-3-5-6;7-10(8,9)6-4-2-1-3-5-6;1-9(7,8)3-2-4(5)6;1-5(2,3)4/h1-8,11H,9-10H2,(H,18,19)(H,20,21);1-10H,(H,13,14);11-12H,2-10H2,1H3;1-5H,6-7H2,(H,10,11)(H,12,13);8-9H,2-7H2,1H3;1-5H,(H2,7,8,9);1-5H,(H2,7,8,9);2-3H2,1H3,(H,5,6)(H,7,8);(H3,1,2,3,4). The Morgan fingerprint density at radius 1 is 0.425 bits per heavy atom. The number of unbranched alkanes of at least 4 members (excludes halogenated alkanes) is 1. The number of aliphatic carboxylic acids is 4. The minimum absolute atomic E-state index is 0.0648. The van der Waals surface area contributed by atoms with E-state index >= 15 is 0 Å². The molecule has 42 heteroatoms. The monoisotopic (exact) mass is 1760 g/mol. The van der Waals surface area contributed by atoms with Crippen LogP contribution in [0.1, 0.15) is 64.7 Å². The van der Waals surface area contributed by atoms with E-state index in [0.29, 0.717) is 77.3 Å². The zero-order valence-electron chi connectivity index (χ0n) is 62.2. The number of hydrogen-bond donors (Lipinski definition) is 18. The average Bonchev–Trinajstić information content (AvgIpc) is 0.748. The second-order valence-electron chi connectivity index (χ2n) is 24.6. The maximum absolute atomic E-state index is 13.4. The van der Waals surface area contributed by atoms with Gasteiger partial charge in [0.05, 0.1) is 56.2 Å². The number of aliphatic hydroxyl groups is 4. The Hall–Kier alpha value is -6.47. The van der Waals surface area contributed by atoms with Gasteiger partial charge < -0.3 is 98.2 Å². The van der Waals surface area contributed by atoms with Gasteiger partial charge in [-0.25, -0.2) is 9.13 Å². The van der Waals surface area contributed by atoms with Crippen molar-refractivity contribution in [3.8, 4) is 22.6 Å². The molecule has 0 amide bonds. The van der Waals surface area contributed by atoms with Gasteiger partial charge in [0, 0.05) is 97.7 Å². The fourth-order valence-corrected chi connectivity index (χ4v) is 21.1. The molecule has 0 saturated heterocycles. The highest BCUT2D eigenvalue weighted by molar-refractivity contribution is 7.73. The van der Waals surface area contributed by atoms with Gasteiger partial charge in [0.1, 0.15) is 11.5 Å². The van der Waals surface area contributed by atoms with Crippen LogP contribution in [0.5, 0.6) is 11.5 Å². The molecule has 0 aliphatic carbocycles. The molecule has 18 N–H and O–H groups in total. The summed E-state index contributed by atoms with van der Waals surface area (Å²) in [7, 11) is -30.7. The van der Waals surface area contributed by atoms with Crippen LogP contribution in [0.3, 0.4) is 0 Å². The lowest BCUT2D eigenvalue weighted by atomic mass is 10.0. The molecule has 0 aromatic heterocycles. The molecular formula is C71H103O33P9. The van der Waals surface area contributed by atoms with Gasteiger partial charge in [-0.2, -0.15) is 0 Å². The van der Waals surface area contributed by atoms with Crippen LogP contribution in [0.4, 0.5) is 0 Å². The number of hydrogen-bond acceptors (Lipinski definition) is 19. The maximum Gasteiger partial charge on any atom is 0.524 e. The summed E-state index contributed by atoms with van der Waals surface area (Å²) >= 11 is 0. The van der Waals surface area contributed by atoms with E-state index in [1.54, 1.807) is 146 Å². The van der Waals surface area contributed by atoms with Crippen molar-refractivity contribution in [2.75, 3.05) is 89.1 Å². The molecule has 630 valence electrons. The van der Waals surface area contributed by atoms with Crippen molar-refractivity contribution in [2.24, 2.45) is 5.92 Å². The molecule has 4 atom stereocenters. The Kier molecular flexibility index (Phi) is 51.3. The minimum Gasteiger partial charge on any atom is -0.481 e. The van der Waals surface area contributed by atoms with Crippen molar-refractivity contribution in [1.82, 2.24) is 0 Å². The van der Waals surface area contributed by atoms with Crippen LogP contribution in [0, 0.1) is 5.92 Å². The molecule has 0 saturated carbocycles. The smallest absolute Gasteiger partial charge is 0.481 e. The van der Waals surface area contributed by atoms with Crippen molar-refractivity contribution in [2.45, 2.75) is 64.7 Å². The quantitative estimate of drug-likeness (QED) is 0.0174. The number of carboxylic acids is 4. The summed E-state index contributed by atoms with van der Waals surface area (Å²) in [5.41, 5.74) is 1.51. The van der Waals surface area contributed by atoms with E-state index in [1.165, 1.54) is 36.4 Å². The van der Waals surface area contributed by atoms with Gasteiger partial charge in [-0.05, 0) is 117 Å². The first-order valence-corrected chi connectivity index (χ1v) is 51.4. The van der Waals surface area contributed by atoms with Crippen molar-refractivity contribution in [1.29, 1.82) is 0 Å². The summed E-state index contributed by atoms with van der Waals surface area (Å²) in [5, 5.41) is 70.7. The SMILES string of the molecule is CCCCP(=O)(CCCO)CCCO.CP(=O)(CCCO)CCCO.CP(=O)(O)CCC(=O)O.O=C(O)CC(CP1(=O)Oc2ccccc2-c2ccccc21)C(=O)O.O=C(O)CCP(=O)(O)c1ccccc1.O=P(O)(O)O.O=P(O)(O)Oc1ccccc1.O=P(O)(O)c1ccccc1.O=P(O)(c1ccccc1)c1ccccc1. The second kappa shape index (κ2) is 54.4. The second-order valence-corrected chi connectivity index (χ2v) is 44.8. The van der Waals surface area contributed by atoms with E-state index in [4.69, 9.17) is 84.0 Å². The first kappa shape index (κ1) is 107. The van der Waals surface area contributed by atoms with E-state index < -0.39 is 103 Å². The highest BCUT2D eigenvalue weighted by Crippen LogP contribution is 2.56. The third-order valence-corrected chi connectivity index (χ3v) is 29.5. The van der Waals surface area contributed by atoms with Crippen LogP contribution in [0.25, 0.3) is 11.1 Å². The lowest BCUT2D eigenvalue weighted by Crippen LogP contribution is -2.28. The molecule has 33 nitrogen and oxygen atoms in total. The zero-order valence-corrected chi connectivity index (χ0v) is 70.2. The topological polar surface area (TPSA) is 605 Å². The van der Waals surface area contributed by atoms with Gasteiger partial charge in [0.2, 0.25) is 7.37 Å². The van der Waals surface area contributed by atoms with Crippen molar-refractivity contribution in [3.05, 3.63) is 200 Å². The number of rotatable bonds is 32. The van der Waals surface area contributed by atoms with E-state index in [9.17, 15) is 70.6 Å². The number of para-hydroxylation sites is 2. The van der Waals surface area contributed by atoms with Gasteiger partial charge in [0.15, 0.2) is 7.37 Å². The lowest BCUT2D eigenvalue weighted by Gasteiger charge is -2.29. The van der Waals surface area contributed by atoms with Crippen molar-refractivity contribution in [3.63, 3.8) is 0 Å². The summed E-state index contributed by atoms with van der Waals surface area (Å²) < 4.78 is 111. The van der Waals surface area contributed by atoms with Crippen molar-refractivity contribution >= 4 is 117 Å². The highest BCUT2D eigenvalue weighted by Gasteiger charge is 2.40. The van der Waals surface area contributed by atoms with E-state index in [1.807, 2.05) is 24.3 Å². The highest BCUT2D eigenvalue weighted by atomic mass is 31.2. The van der Waals surface area contributed by atoms with Crippen LogP contribution >= 0.6 is 67.0 Å². The molecule has 4 unspecified atom stereocenters. The van der Waals surface area contributed by atoms with Crippen LogP contribution in [0.2, 0.25) is 0 Å². The Morgan fingerprint density at radius 3 is 1.13 bits per heavy atom. The molecule has 8 rings (SSSR count). The van der Waals surface area contributed by atoms with Crippen LogP contribution < -0.4 is 35.6 Å². The third-order valence-electron chi connectivity index (χ3n) is 14.7. The minimum atomic E-state index is -4.64. The Bertz CT molecular complexity index is 4280. The number of aliphatic hydroxyl groups excluding tert-OH is 4. The summed E-state index contributed by atoms with van der Waals surface area (Å²) in [6, 6.07) is 55.2. The fourth-order valence-electron chi connectivity index (χ4n) is 9.25. The van der Waals surface area contributed by atoms with Gasteiger partial charge in [-0.3, -0.25) is 51.8 Å². The Balaban J connectivity index is 0.00000128. The first-order chi connectivity index (χ1) is 52.5. The molecular weight excluding hydrogens is 1660 g/mol. The summed E-state index contributed by atoms with van der Waals surface area (Å²) in [6.45, 7) is 5.43. The maximum atomic E-state index is 13.4. The lowest BCUT2D eigenvalue weighted by molar-refractivity contribution is -0.147. The van der Waals surface area contributed by atoms with Gasteiger partial charge in [-0.1, -0.05) is 141 Å². The van der Waals surface area contributed by atoms with E-state index in [0.717, 1.165) is 36.8 Å². The first-order valence-electron chi connectivity index (χ1n) is 34.3. The van der Waals surface area contributed by atoms with Gasteiger partial charge in [0.25, 0.3) is 14.7 Å². The third kappa shape index (κ3) is 50.6. The Labute approximate surface area is 655 Å². The van der Waals surface area contributed by atoms with Crippen LogP contribution in [-0.4, -0.2) is 203 Å². The number of phosphoric ester groups is 1. The fraction of sp³-hybridized carbons (Fsp3) is 0.352. The number of phosphoric acid groups is 2. The molecule has 7 aromatic carbocycles. The number of fused-ring (bicyclic) bond motifs is 3. The Morgan fingerprint density at radius 2 is 0.779 bits per heavy atom. The zero-order chi connectivity index (χ0) is 86.2. The summed E-state index contributed by atoms with van der Waals surface area (Å²) in [4.78, 5) is 126. The van der Waals surface area contributed by atoms with E-state index in [2.05, 4.69) is 11.4 Å². The van der Waals surface area contributed by atoms with Gasteiger partial charge >= 0.3 is 47.1 Å². The van der Waals surface area contributed by atoms with E-state index in [-0.39, 0.29) is 68.8 Å². The predicted octanol–water partition coefficient (Wildman–Crippen LogP) is 9.53. The summed E-state index contributed by atoms with van der Waals surface area (Å²) in [6.07, 6.45) is 5.96. The molecule has 113 heavy (non-hydrogen) atoms. The van der Waals surface area contributed by atoms with Crippen LogP contribution in [0.15, 0.2) is 200 Å². The average molecular weight is 1760 g/mol. The molecule has 1 aliphatic rings. The largest absolute Gasteiger partial charge is 0.524 e. The molecule has 0 radical (unpaired) electrons. The molecule has 0 fully saturated rings. The number of benzene rings is 7. The molecule has 7 aromatic rings. The summed E-state index contributed by atoms with van der Waals surface area (Å²) in [5.74, 6) is -5.35. The van der Waals surface area contributed by atoms with Gasteiger partial charge in [-0.15, -0.1) is 0 Å². The molecule has 0 spiro atoms. The predicted molar refractivity (Wildman–Crippen MR) is 435 cm³/mol. The van der Waals surface area contributed by atoms with Crippen molar-refractivity contribution < 1.29 is 159 Å². The van der Waals surface area contributed by atoms with Crippen LogP contribution in [-0.2, 0) is 60.3 Å². The number of carbonyl (C=O) groups is 4.